The van der Waals surface area contributed by atoms with Crippen molar-refractivity contribution in [3.63, 3.8) is 0 Å². The van der Waals surface area contributed by atoms with E-state index in [1.165, 1.54) is 5.56 Å². The molecule has 1 aromatic heterocycles. The maximum atomic E-state index is 12.2. The summed E-state index contributed by atoms with van der Waals surface area (Å²) in [6, 6.07) is 11.6. The number of rotatable bonds is 6. The summed E-state index contributed by atoms with van der Waals surface area (Å²) in [5.74, 6) is 0.816. The molecule has 0 bridgehead atoms. The summed E-state index contributed by atoms with van der Waals surface area (Å²) in [5, 5.41) is 3.75. The zero-order chi connectivity index (χ0) is 17.6. The molecule has 5 nitrogen and oxygen atoms in total. The molecule has 1 saturated heterocycles. The Balaban J connectivity index is 1.40. The van der Waals surface area contributed by atoms with Gasteiger partial charge in [0.1, 0.15) is 5.76 Å². The Labute approximate surface area is 153 Å². The highest BCUT2D eigenvalue weighted by atomic mass is 35.5. The summed E-state index contributed by atoms with van der Waals surface area (Å²) < 4.78 is 5.32. The van der Waals surface area contributed by atoms with Crippen molar-refractivity contribution in [2.24, 2.45) is 0 Å². The van der Waals surface area contributed by atoms with Crippen LogP contribution in [0.4, 0.5) is 0 Å². The summed E-state index contributed by atoms with van der Waals surface area (Å²) in [4.78, 5) is 16.8. The number of nitrogens with zero attached hydrogens (tertiary/aromatic N) is 2. The normalized spacial score (nSPS) is 17.4. The molecule has 3 rings (SSSR count). The van der Waals surface area contributed by atoms with Crippen LogP contribution in [0.3, 0.4) is 0 Å². The van der Waals surface area contributed by atoms with Crippen molar-refractivity contribution in [2.45, 2.75) is 19.5 Å². The van der Waals surface area contributed by atoms with E-state index in [-0.39, 0.29) is 11.9 Å². The van der Waals surface area contributed by atoms with Crippen LogP contribution in [0, 0.1) is 0 Å². The van der Waals surface area contributed by atoms with Crippen LogP contribution in [0.1, 0.15) is 24.3 Å². The number of halogens is 1. The highest BCUT2D eigenvalue weighted by Gasteiger charge is 2.20. The van der Waals surface area contributed by atoms with Gasteiger partial charge in [0.05, 0.1) is 18.8 Å². The second kappa shape index (κ2) is 8.52. The summed E-state index contributed by atoms with van der Waals surface area (Å²) in [6.45, 7) is 7.01. The minimum atomic E-state index is -0.103. The van der Waals surface area contributed by atoms with E-state index in [0.29, 0.717) is 6.54 Å². The molecule has 6 heteroatoms. The van der Waals surface area contributed by atoms with E-state index in [4.69, 9.17) is 16.0 Å². The standard InChI is InChI=1S/C19H24ClN3O2/c1-15(18-3-2-12-25-18)21-19(24)14-23-10-8-22(9-11-23)13-16-4-6-17(20)7-5-16/h2-7,12,15H,8-11,13-14H2,1H3,(H,21,24)/t15-/m1/s1. The van der Waals surface area contributed by atoms with Crippen LogP contribution in [0.15, 0.2) is 47.1 Å². The molecule has 1 atom stereocenters. The molecule has 0 saturated carbocycles. The third kappa shape index (κ3) is 5.33. The monoisotopic (exact) mass is 361 g/mol. The van der Waals surface area contributed by atoms with Gasteiger partial charge < -0.3 is 9.73 Å². The molecule has 0 spiro atoms. The van der Waals surface area contributed by atoms with Gasteiger partial charge in [-0.1, -0.05) is 23.7 Å². The van der Waals surface area contributed by atoms with Crippen molar-refractivity contribution >= 4 is 17.5 Å². The molecule has 134 valence electrons. The van der Waals surface area contributed by atoms with Gasteiger partial charge in [0.15, 0.2) is 0 Å². The fourth-order valence-electron chi connectivity index (χ4n) is 3.05. The average Bonchev–Trinajstić information content (AvgIpc) is 3.13. The molecule has 0 radical (unpaired) electrons. The lowest BCUT2D eigenvalue weighted by molar-refractivity contribution is -0.123. The molecule has 1 aromatic carbocycles. The molecular weight excluding hydrogens is 338 g/mol. The van der Waals surface area contributed by atoms with Crippen LogP contribution in [0.25, 0.3) is 0 Å². The number of benzene rings is 1. The van der Waals surface area contributed by atoms with Crippen LogP contribution in [0.5, 0.6) is 0 Å². The van der Waals surface area contributed by atoms with Gasteiger partial charge in [-0.05, 0) is 36.8 Å². The Morgan fingerprint density at radius 3 is 2.48 bits per heavy atom. The molecule has 1 aliphatic heterocycles. The van der Waals surface area contributed by atoms with Gasteiger partial charge in [-0.3, -0.25) is 14.6 Å². The number of piperazine rings is 1. The Hall–Kier alpha value is -1.82. The molecular formula is C19H24ClN3O2. The van der Waals surface area contributed by atoms with Crippen LogP contribution >= 0.6 is 11.6 Å². The van der Waals surface area contributed by atoms with Gasteiger partial charge in [-0.25, -0.2) is 0 Å². The maximum Gasteiger partial charge on any atom is 0.234 e. The first-order valence-corrected chi connectivity index (χ1v) is 9.00. The molecule has 2 aromatic rings. The van der Waals surface area contributed by atoms with Gasteiger partial charge in [-0.2, -0.15) is 0 Å². The van der Waals surface area contributed by atoms with E-state index in [9.17, 15) is 4.79 Å². The number of carbonyl (C=O) groups is 1. The largest absolute Gasteiger partial charge is 0.467 e. The predicted molar refractivity (Wildman–Crippen MR) is 98.4 cm³/mol. The molecule has 1 N–H and O–H groups in total. The Morgan fingerprint density at radius 1 is 1.16 bits per heavy atom. The minimum Gasteiger partial charge on any atom is -0.467 e. The summed E-state index contributed by atoms with van der Waals surface area (Å²) in [5.41, 5.74) is 1.27. The van der Waals surface area contributed by atoms with E-state index in [2.05, 4.69) is 27.2 Å². The maximum absolute atomic E-state index is 12.2. The molecule has 1 fully saturated rings. The van der Waals surface area contributed by atoms with E-state index in [0.717, 1.165) is 43.5 Å². The first kappa shape index (κ1) is 18.0. The van der Waals surface area contributed by atoms with Gasteiger partial charge in [0.25, 0.3) is 0 Å². The third-order valence-electron chi connectivity index (χ3n) is 4.50. The van der Waals surface area contributed by atoms with Crippen LogP contribution in [0.2, 0.25) is 5.02 Å². The lowest BCUT2D eigenvalue weighted by Crippen LogP contribution is -2.49. The van der Waals surface area contributed by atoms with E-state index < -0.39 is 0 Å². The number of carbonyl (C=O) groups excluding carboxylic acids is 1. The van der Waals surface area contributed by atoms with E-state index >= 15 is 0 Å². The first-order chi connectivity index (χ1) is 12.1. The van der Waals surface area contributed by atoms with Crippen LogP contribution in [-0.4, -0.2) is 48.4 Å². The summed E-state index contributed by atoms with van der Waals surface area (Å²) in [7, 11) is 0. The third-order valence-corrected chi connectivity index (χ3v) is 4.75. The smallest absolute Gasteiger partial charge is 0.234 e. The first-order valence-electron chi connectivity index (χ1n) is 8.62. The lowest BCUT2D eigenvalue weighted by Gasteiger charge is -2.34. The van der Waals surface area contributed by atoms with Gasteiger partial charge in [0, 0.05) is 37.7 Å². The summed E-state index contributed by atoms with van der Waals surface area (Å²) >= 11 is 5.93. The SMILES string of the molecule is C[C@@H](NC(=O)CN1CCN(Cc2ccc(Cl)cc2)CC1)c1ccco1. The molecule has 0 aliphatic carbocycles. The van der Waals surface area contributed by atoms with Crippen LogP contribution in [-0.2, 0) is 11.3 Å². The second-order valence-electron chi connectivity index (χ2n) is 6.48. The van der Waals surface area contributed by atoms with Crippen LogP contribution < -0.4 is 5.32 Å². The summed E-state index contributed by atoms with van der Waals surface area (Å²) in [6.07, 6.45) is 1.62. The predicted octanol–water partition coefficient (Wildman–Crippen LogP) is 2.93. The number of nitrogens with one attached hydrogen (secondary N) is 1. The fraction of sp³-hybridized carbons (Fsp3) is 0.421. The topological polar surface area (TPSA) is 48.7 Å². The fourth-order valence-corrected chi connectivity index (χ4v) is 3.18. The average molecular weight is 362 g/mol. The minimum absolute atomic E-state index is 0.0371. The lowest BCUT2D eigenvalue weighted by atomic mass is 10.2. The highest BCUT2D eigenvalue weighted by molar-refractivity contribution is 6.30. The van der Waals surface area contributed by atoms with Crippen molar-refractivity contribution in [3.8, 4) is 0 Å². The van der Waals surface area contributed by atoms with Crippen molar-refractivity contribution in [1.82, 2.24) is 15.1 Å². The molecule has 0 unspecified atom stereocenters. The Kier molecular flexibility index (Phi) is 6.13. The molecule has 1 aliphatic rings. The van der Waals surface area contributed by atoms with Gasteiger partial charge in [-0.15, -0.1) is 0 Å². The zero-order valence-electron chi connectivity index (χ0n) is 14.5. The molecule has 1 amide bonds. The van der Waals surface area contributed by atoms with Crippen molar-refractivity contribution in [1.29, 1.82) is 0 Å². The number of hydrogen-bond acceptors (Lipinski definition) is 4. The van der Waals surface area contributed by atoms with E-state index in [1.54, 1.807) is 6.26 Å². The highest BCUT2D eigenvalue weighted by Crippen LogP contribution is 2.14. The Bertz CT molecular complexity index is 664. The van der Waals surface area contributed by atoms with Gasteiger partial charge in [0.2, 0.25) is 5.91 Å². The van der Waals surface area contributed by atoms with Crippen molar-refractivity contribution in [2.75, 3.05) is 32.7 Å². The zero-order valence-corrected chi connectivity index (χ0v) is 15.2. The van der Waals surface area contributed by atoms with Crippen molar-refractivity contribution in [3.05, 3.63) is 59.0 Å². The molecule has 25 heavy (non-hydrogen) atoms. The van der Waals surface area contributed by atoms with E-state index in [1.807, 2.05) is 31.2 Å². The number of furan rings is 1. The number of amides is 1. The number of hydrogen-bond donors (Lipinski definition) is 1. The second-order valence-corrected chi connectivity index (χ2v) is 6.92. The van der Waals surface area contributed by atoms with Crippen molar-refractivity contribution < 1.29 is 9.21 Å². The quantitative estimate of drug-likeness (QED) is 0.859. The Morgan fingerprint density at radius 2 is 1.84 bits per heavy atom. The van der Waals surface area contributed by atoms with Gasteiger partial charge >= 0.3 is 0 Å². The molecule has 2 heterocycles.